The van der Waals surface area contributed by atoms with Crippen LogP contribution in [0.15, 0.2) is 30.5 Å². The molecule has 0 bridgehead atoms. The molecule has 1 heterocycles. The summed E-state index contributed by atoms with van der Waals surface area (Å²) >= 11 is 0. The summed E-state index contributed by atoms with van der Waals surface area (Å²) < 4.78 is 29.1. The zero-order valence-electron chi connectivity index (χ0n) is 12.6. The van der Waals surface area contributed by atoms with Gasteiger partial charge in [0.1, 0.15) is 11.6 Å². The summed E-state index contributed by atoms with van der Waals surface area (Å²) in [5.74, 6) is -0.839. The van der Waals surface area contributed by atoms with Crippen LogP contribution in [0.3, 0.4) is 0 Å². The van der Waals surface area contributed by atoms with Crippen LogP contribution in [0, 0.1) is 11.6 Å². The zero-order chi connectivity index (χ0) is 15.4. The van der Waals surface area contributed by atoms with E-state index in [1.165, 1.54) is 6.07 Å². The van der Waals surface area contributed by atoms with Crippen molar-refractivity contribution >= 4 is 0 Å². The highest BCUT2D eigenvalue weighted by molar-refractivity contribution is 5.24. The SMILES string of the molecule is CCC(C)n1ccc(CC(NC)c2cc(F)ccc2F)n1. The van der Waals surface area contributed by atoms with E-state index >= 15 is 0 Å². The third-order valence-electron chi connectivity index (χ3n) is 3.80. The molecule has 1 aromatic carbocycles. The maximum atomic E-state index is 13.9. The Labute approximate surface area is 124 Å². The fraction of sp³-hybridized carbons (Fsp3) is 0.438. The molecule has 0 radical (unpaired) electrons. The smallest absolute Gasteiger partial charge is 0.128 e. The predicted molar refractivity (Wildman–Crippen MR) is 79.1 cm³/mol. The second kappa shape index (κ2) is 6.80. The molecule has 0 fully saturated rings. The zero-order valence-corrected chi connectivity index (χ0v) is 12.6. The fourth-order valence-electron chi connectivity index (χ4n) is 2.28. The molecule has 2 atom stereocenters. The van der Waals surface area contributed by atoms with Gasteiger partial charge < -0.3 is 5.32 Å². The molecule has 0 aliphatic rings. The molecule has 5 heteroatoms. The van der Waals surface area contributed by atoms with Crippen molar-refractivity contribution < 1.29 is 8.78 Å². The molecular formula is C16H21F2N3. The van der Waals surface area contributed by atoms with Crippen LogP contribution in [0.1, 0.15) is 43.6 Å². The second-order valence-electron chi connectivity index (χ2n) is 5.26. The molecule has 2 unspecified atom stereocenters. The Kier molecular flexibility index (Phi) is 5.07. The molecule has 114 valence electrons. The maximum absolute atomic E-state index is 13.9. The Morgan fingerprint density at radius 2 is 2.05 bits per heavy atom. The lowest BCUT2D eigenvalue weighted by Crippen LogP contribution is -2.20. The molecule has 2 rings (SSSR count). The van der Waals surface area contributed by atoms with Gasteiger partial charge in [0, 0.05) is 30.3 Å². The number of nitrogens with one attached hydrogen (secondary N) is 1. The third-order valence-corrected chi connectivity index (χ3v) is 3.80. The molecule has 0 aliphatic heterocycles. The van der Waals surface area contributed by atoms with Crippen LogP contribution >= 0.6 is 0 Å². The minimum atomic E-state index is -0.434. The highest BCUT2D eigenvalue weighted by Crippen LogP contribution is 2.22. The number of rotatable bonds is 6. The van der Waals surface area contributed by atoms with E-state index in [0.717, 1.165) is 24.2 Å². The highest BCUT2D eigenvalue weighted by atomic mass is 19.1. The lowest BCUT2D eigenvalue weighted by atomic mass is 10.0. The number of benzene rings is 1. The molecule has 21 heavy (non-hydrogen) atoms. The summed E-state index contributed by atoms with van der Waals surface area (Å²) in [5.41, 5.74) is 1.19. The molecule has 3 nitrogen and oxygen atoms in total. The molecule has 0 spiro atoms. The van der Waals surface area contributed by atoms with Crippen molar-refractivity contribution in [1.82, 2.24) is 15.1 Å². The first-order valence-electron chi connectivity index (χ1n) is 7.21. The van der Waals surface area contributed by atoms with Crippen LogP contribution in [-0.2, 0) is 6.42 Å². The number of halogens is 2. The Morgan fingerprint density at radius 3 is 2.71 bits per heavy atom. The molecular weight excluding hydrogens is 272 g/mol. The second-order valence-corrected chi connectivity index (χ2v) is 5.26. The lowest BCUT2D eigenvalue weighted by Gasteiger charge is -2.16. The lowest BCUT2D eigenvalue weighted by molar-refractivity contribution is 0.466. The largest absolute Gasteiger partial charge is 0.313 e. The van der Waals surface area contributed by atoms with Crippen molar-refractivity contribution in [2.45, 2.75) is 38.8 Å². The van der Waals surface area contributed by atoms with Gasteiger partial charge in [-0.3, -0.25) is 4.68 Å². The first-order chi connectivity index (χ1) is 10.0. The van der Waals surface area contributed by atoms with Gasteiger partial charge in [0.15, 0.2) is 0 Å². The summed E-state index contributed by atoms with van der Waals surface area (Å²) in [7, 11) is 1.74. The number of aromatic nitrogens is 2. The monoisotopic (exact) mass is 293 g/mol. The van der Waals surface area contributed by atoms with Gasteiger partial charge >= 0.3 is 0 Å². The minimum Gasteiger partial charge on any atom is -0.313 e. The van der Waals surface area contributed by atoms with Gasteiger partial charge in [0.05, 0.1) is 5.69 Å². The highest BCUT2D eigenvalue weighted by Gasteiger charge is 2.17. The van der Waals surface area contributed by atoms with Gasteiger partial charge in [0.25, 0.3) is 0 Å². The Balaban J connectivity index is 2.19. The van der Waals surface area contributed by atoms with Crippen LogP contribution < -0.4 is 5.32 Å². The molecule has 0 amide bonds. The van der Waals surface area contributed by atoms with Crippen molar-refractivity contribution in [3.63, 3.8) is 0 Å². The summed E-state index contributed by atoms with van der Waals surface area (Å²) in [6.07, 6.45) is 3.44. The van der Waals surface area contributed by atoms with Crippen molar-refractivity contribution in [3.8, 4) is 0 Å². The average molecular weight is 293 g/mol. The van der Waals surface area contributed by atoms with Gasteiger partial charge in [-0.15, -0.1) is 0 Å². The summed E-state index contributed by atoms with van der Waals surface area (Å²) in [5, 5.41) is 7.54. The molecule has 1 aromatic heterocycles. The van der Waals surface area contributed by atoms with E-state index in [4.69, 9.17) is 0 Å². The molecule has 0 saturated heterocycles. The average Bonchev–Trinajstić information content (AvgIpc) is 2.95. The van der Waals surface area contributed by atoms with E-state index in [1.807, 2.05) is 16.9 Å². The normalized spacial score (nSPS) is 14.1. The molecule has 0 saturated carbocycles. The Morgan fingerprint density at radius 1 is 1.29 bits per heavy atom. The van der Waals surface area contributed by atoms with Crippen molar-refractivity contribution in [2.24, 2.45) is 0 Å². The van der Waals surface area contributed by atoms with Gasteiger partial charge in [-0.1, -0.05) is 6.92 Å². The fourth-order valence-corrected chi connectivity index (χ4v) is 2.28. The van der Waals surface area contributed by atoms with Crippen molar-refractivity contribution in [3.05, 3.63) is 53.4 Å². The summed E-state index contributed by atoms with van der Waals surface area (Å²) in [6, 6.07) is 5.48. The Bertz CT molecular complexity index is 595. The van der Waals surface area contributed by atoms with E-state index < -0.39 is 11.6 Å². The van der Waals surface area contributed by atoms with Crippen LogP contribution in [0.2, 0.25) is 0 Å². The van der Waals surface area contributed by atoms with Crippen LogP contribution in [0.4, 0.5) is 8.78 Å². The van der Waals surface area contributed by atoms with Gasteiger partial charge in [-0.2, -0.15) is 5.10 Å². The van der Waals surface area contributed by atoms with E-state index in [-0.39, 0.29) is 6.04 Å². The van der Waals surface area contributed by atoms with Crippen LogP contribution in [0.5, 0.6) is 0 Å². The van der Waals surface area contributed by atoms with Crippen molar-refractivity contribution in [1.29, 1.82) is 0 Å². The van der Waals surface area contributed by atoms with E-state index in [0.29, 0.717) is 18.0 Å². The van der Waals surface area contributed by atoms with Gasteiger partial charge in [0.2, 0.25) is 0 Å². The summed E-state index contributed by atoms with van der Waals surface area (Å²) in [6.45, 7) is 4.20. The number of hydrogen-bond donors (Lipinski definition) is 1. The summed E-state index contributed by atoms with van der Waals surface area (Å²) in [4.78, 5) is 0. The quantitative estimate of drug-likeness (QED) is 0.881. The Hall–Kier alpha value is -1.75. The number of likely N-dealkylation sites (N-methyl/N-ethyl adjacent to an activating group) is 1. The van der Waals surface area contributed by atoms with Gasteiger partial charge in [-0.05, 0) is 44.7 Å². The van der Waals surface area contributed by atoms with E-state index in [9.17, 15) is 8.78 Å². The number of hydrogen-bond acceptors (Lipinski definition) is 2. The predicted octanol–water partition coefficient (Wildman–Crippen LogP) is 3.64. The minimum absolute atomic E-state index is 0.305. The molecule has 1 N–H and O–H groups in total. The molecule has 0 aliphatic carbocycles. The standard InChI is InChI=1S/C16H21F2N3/c1-4-11(2)21-8-7-13(20-21)10-16(19-3)14-9-12(17)5-6-15(14)18/h5-9,11,16,19H,4,10H2,1-3H3. The van der Waals surface area contributed by atoms with Crippen LogP contribution in [-0.4, -0.2) is 16.8 Å². The first-order valence-corrected chi connectivity index (χ1v) is 7.21. The van der Waals surface area contributed by atoms with Gasteiger partial charge in [-0.25, -0.2) is 8.78 Å². The van der Waals surface area contributed by atoms with Crippen LogP contribution in [0.25, 0.3) is 0 Å². The maximum Gasteiger partial charge on any atom is 0.128 e. The van der Waals surface area contributed by atoms with E-state index in [2.05, 4.69) is 24.3 Å². The topological polar surface area (TPSA) is 29.9 Å². The number of nitrogens with zero attached hydrogens (tertiary/aromatic N) is 2. The van der Waals surface area contributed by atoms with Crippen molar-refractivity contribution in [2.75, 3.05) is 7.05 Å². The first kappa shape index (κ1) is 15.6. The third kappa shape index (κ3) is 3.67. The van der Waals surface area contributed by atoms with E-state index in [1.54, 1.807) is 7.05 Å². The molecule has 2 aromatic rings.